The van der Waals surface area contributed by atoms with E-state index in [0.717, 1.165) is 19.5 Å². The molecule has 0 N–H and O–H groups in total. The van der Waals surface area contributed by atoms with Crippen molar-refractivity contribution in [3.05, 3.63) is 0 Å². The van der Waals surface area contributed by atoms with Gasteiger partial charge in [-0.05, 0) is 19.3 Å². The van der Waals surface area contributed by atoms with E-state index >= 15 is 0 Å². The van der Waals surface area contributed by atoms with Gasteiger partial charge in [0, 0.05) is 20.2 Å². The molecular formula is C10H19NO2. The molecule has 1 aliphatic rings. The highest BCUT2D eigenvalue weighted by Crippen LogP contribution is 2.19. The molecule has 0 aromatic rings. The van der Waals surface area contributed by atoms with Crippen molar-refractivity contribution in [2.75, 3.05) is 20.2 Å². The van der Waals surface area contributed by atoms with Gasteiger partial charge in [0.15, 0.2) is 0 Å². The topological polar surface area (TPSA) is 29.5 Å². The molecule has 3 nitrogen and oxygen atoms in total. The van der Waals surface area contributed by atoms with Crippen molar-refractivity contribution in [2.45, 2.75) is 32.8 Å². The third kappa shape index (κ3) is 2.44. The van der Waals surface area contributed by atoms with E-state index in [-0.39, 0.29) is 12.0 Å². The number of nitrogens with zero attached hydrogens (tertiary/aromatic N) is 1. The smallest absolute Gasteiger partial charge is 0.251 e. The van der Waals surface area contributed by atoms with Crippen LogP contribution in [0.2, 0.25) is 0 Å². The highest BCUT2D eigenvalue weighted by atomic mass is 16.5. The van der Waals surface area contributed by atoms with Gasteiger partial charge in [-0.25, -0.2) is 0 Å². The molecule has 1 aliphatic heterocycles. The first kappa shape index (κ1) is 10.5. The van der Waals surface area contributed by atoms with Crippen LogP contribution in [-0.2, 0) is 9.53 Å². The molecule has 0 aromatic heterocycles. The van der Waals surface area contributed by atoms with Crippen LogP contribution >= 0.6 is 0 Å². The fourth-order valence-corrected chi connectivity index (χ4v) is 1.72. The molecule has 0 aliphatic carbocycles. The quantitative estimate of drug-likeness (QED) is 0.663. The van der Waals surface area contributed by atoms with Crippen molar-refractivity contribution in [3.8, 4) is 0 Å². The molecule has 3 heteroatoms. The van der Waals surface area contributed by atoms with E-state index in [0.29, 0.717) is 5.92 Å². The summed E-state index contributed by atoms with van der Waals surface area (Å²) in [6, 6.07) is 0. The number of hydrogen-bond acceptors (Lipinski definition) is 2. The predicted molar refractivity (Wildman–Crippen MR) is 51.4 cm³/mol. The van der Waals surface area contributed by atoms with Gasteiger partial charge in [-0.2, -0.15) is 0 Å². The van der Waals surface area contributed by atoms with Crippen LogP contribution in [0.4, 0.5) is 0 Å². The fraction of sp³-hybridized carbons (Fsp3) is 0.900. The molecule has 2 atom stereocenters. The maximum atomic E-state index is 11.6. The zero-order chi connectivity index (χ0) is 9.84. The van der Waals surface area contributed by atoms with Crippen LogP contribution in [0.1, 0.15) is 26.7 Å². The summed E-state index contributed by atoms with van der Waals surface area (Å²) >= 11 is 0. The molecule has 1 amide bonds. The van der Waals surface area contributed by atoms with Gasteiger partial charge in [0.2, 0.25) is 0 Å². The van der Waals surface area contributed by atoms with E-state index in [1.54, 1.807) is 7.11 Å². The normalized spacial score (nSPS) is 24.8. The SMILES string of the molecule is CCC1CCN(C(=O)C(C)OC)C1. The third-order valence-electron chi connectivity index (χ3n) is 2.88. The van der Waals surface area contributed by atoms with E-state index in [1.165, 1.54) is 6.42 Å². The van der Waals surface area contributed by atoms with Gasteiger partial charge in [0.25, 0.3) is 5.91 Å². The number of amides is 1. The number of methoxy groups -OCH3 is 1. The molecule has 1 heterocycles. The van der Waals surface area contributed by atoms with Crippen molar-refractivity contribution in [2.24, 2.45) is 5.92 Å². The van der Waals surface area contributed by atoms with Gasteiger partial charge in [-0.3, -0.25) is 4.79 Å². The lowest BCUT2D eigenvalue weighted by molar-refractivity contribution is -0.139. The largest absolute Gasteiger partial charge is 0.372 e. The monoisotopic (exact) mass is 185 g/mol. The number of hydrogen-bond donors (Lipinski definition) is 0. The Bertz CT molecular complexity index is 182. The minimum atomic E-state index is -0.282. The molecule has 2 unspecified atom stereocenters. The lowest BCUT2D eigenvalue weighted by Crippen LogP contribution is -2.37. The lowest BCUT2D eigenvalue weighted by Gasteiger charge is -2.19. The van der Waals surface area contributed by atoms with E-state index in [1.807, 2.05) is 11.8 Å². The molecule has 0 aromatic carbocycles. The third-order valence-corrected chi connectivity index (χ3v) is 2.88. The summed E-state index contributed by atoms with van der Waals surface area (Å²) in [5.74, 6) is 0.839. The van der Waals surface area contributed by atoms with E-state index in [2.05, 4.69) is 6.92 Å². The zero-order valence-corrected chi connectivity index (χ0v) is 8.75. The predicted octanol–water partition coefficient (Wildman–Crippen LogP) is 1.28. The minimum absolute atomic E-state index is 0.137. The standard InChI is InChI=1S/C10H19NO2/c1-4-9-5-6-11(7-9)10(12)8(2)13-3/h8-9H,4-7H2,1-3H3. The Balaban J connectivity index is 2.41. The van der Waals surface area contributed by atoms with Gasteiger partial charge in [-0.15, -0.1) is 0 Å². The van der Waals surface area contributed by atoms with Gasteiger partial charge < -0.3 is 9.64 Å². The molecule has 0 radical (unpaired) electrons. The Morgan fingerprint density at radius 2 is 2.38 bits per heavy atom. The Kier molecular flexibility index (Phi) is 3.72. The Morgan fingerprint density at radius 3 is 2.85 bits per heavy atom. The average Bonchev–Trinajstić information content (AvgIpc) is 2.63. The Labute approximate surface area is 80.1 Å². The summed E-state index contributed by atoms with van der Waals surface area (Å²) in [6.07, 6.45) is 2.04. The number of carbonyl (C=O) groups excluding carboxylic acids is 1. The first-order valence-electron chi connectivity index (χ1n) is 5.00. The van der Waals surface area contributed by atoms with Crippen molar-refractivity contribution in [1.29, 1.82) is 0 Å². The van der Waals surface area contributed by atoms with Gasteiger partial charge in [-0.1, -0.05) is 13.3 Å². The number of rotatable bonds is 3. The lowest BCUT2D eigenvalue weighted by atomic mass is 10.1. The average molecular weight is 185 g/mol. The zero-order valence-electron chi connectivity index (χ0n) is 8.75. The maximum absolute atomic E-state index is 11.6. The maximum Gasteiger partial charge on any atom is 0.251 e. The van der Waals surface area contributed by atoms with Gasteiger partial charge in [0.1, 0.15) is 6.10 Å². The summed E-state index contributed by atoms with van der Waals surface area (Å²) in [4.78, 5) is 13.6. The molecule has 76 valence electrons. The Hall–Kier alpha value is -0.570. The first-order chi connectivity index (χ1) is 6.19. The summed E-state index contributed by atoms with van der Waals surface area (Å²) in [5.41, 5.74) is 0. The van der Waals surface area contributed by atoms with E-state index < -0.39 is 0 Å². The van der Waals surface area contributed by atoms with Crippen molar-refractivity contribution in [1.82, 2.24) is 4.90 Å². The second-order valence-electron chi connectivity index (χ2n) is 3.73. The van der Waals surface area contributed by atoms with E-state index in [4.69, 9.17) is 4.74 Å². The van der Waals surface area contributed by atoms with Crippen molar-refractivity contribution >= 4 is 5.91 Å². The van der Waals surface area contributed by atoms with Crippen LogP contribution in [0, 0.1) is 5.92 Å². The summed E-state index contributed by atoms with van der Waals surface area (Å²) in [7, 11) is 1.58. The highest BCUT2D eigenvalue weighted by molar-refractivity contribution is 5.80. The van der Waals surface area contributed by atoms with Crippen LogP contribution in [0.25, 0.3) is 0 Å². The molecule has 0 spiro atoms. The second-order valence-corrected chi connectivity index (χ2v) is 3.73. The molecule has 1 saturated heterocycles. The van der Waals surface area contributed by atoms with Crippen molar-refractivity contribution in [3.63, 3.8) is 0 Å². The van der Waals surface area contributed by atoms with E-state index in [9.17, 15) is 4.79 Å². The van der Waals surface area contributed by atoms with Crippen molar-refractivity contribution < 1.29 is 9.53 Å². The van der Waals surface area contributed by atoms with Crippen LogP contribution < -0.4 is 0 Å². The summed E-state index contributed by atoms with van der Waals surface area (Å²) in [6.45, 7) is 5.81. The first-order valence-corrected chi connectivity index (χ1v) is 5.00. The Morgan fingerprint density at radius 1 is 1.69 bits per heavy atom. The van der Waals surface area contributed by atoms with Crippen LogP contribution in [-0.4, -0.2) is 37.1 Å². The highest BCUT2D eigenvalue weighted by Gasteiger charge is 2.27. The molecule has 0 saturated carbocycles. The van der Waals surface area contributed by atoms with Gasteiger partial charge >= 0.3 is 0 Å². The number of likely N-dealkylation sites (tertiary alicyclic amines) is 1. The molecule has 13 heavy (non-hydrogen) atoms. The van der Waals surface area contributed by atoms with Gasteiger partial charge in [0.05, 0.1) is 0 Å². The van der Waals surface area contributed by atoms with Crippen LogP contribution in [0.15, 0.2) is 0 Å². The molecule has 1 fully saturated rings. The summed E-state index contributed by atoms with van der Waals surface area (Å²) in [5, 5.41) is 0. The second kappa shape index (κ2) is 4.61. The number of ether oxygens (including phenoxy) is 1. The van der Waals surface area contributed by atoms with Crippen LogP contribution in [0.5, 0.6) is 0 Å². The van der Waals surface area contributed by atoms with Crippen LogP contribution in [0.3, 0.4) is 0 Å². The fourth-order valence-electron chi connectivity index (χ4n) is 1.72. The molecule has 0 bridgehead atoms. The number of carbonyl (C=O) groups is 1. The molecule has 1 rings (SSSR count). The summed E-state index contributed by atoms with van der Waals surface area (Å²) < 4.78 is 5.00. The molecular weight excluding hydrogens is 166 g/mol. The minimum Gasteiger partial charge on any atom is -0.372 e.